The molecule has 4 heteroatoms. The van der Waals surface area contributed by atoms with Gasteiger partial charge in [0, 0.05) is 23.7 Å². The maximum absolute atomic E-state index is 12.2. The van der Waals surface area contributed by atoms with E-state index < -0.39 is 0 Å². The summed E-state index contributed by atoms with van der Waals surface area (Å²) in [4.78, 5) is 23.5. The molecule has 0 atom stereocenters. The molecule has 0 aromatic heterocycles. The molecule has 1 aromatic rings. The molecule has 1 amide bonds. The lowest BCUT2D eigenvalue weighted by Crippen LogP contribution is -2.31. The lowest BCUT2D eigenvalue weighted by Gasteiger charge is -2.17. The number of ketones is 1. The van der Waals surface area contributed by atoms with Crippen LogP contribution in [0.5, 0.6) is 0 Å². The largest absolute Gasteiger partial charge is 0.326 e. The van der Waals surface area contributed by atoms with Crippen molar-refractivity contribution < 1.29 is 9.59 Å². The summed E-state index contributed by atoms with van der Waals surface area (Å²) in [6.45, 7) is 0.413. The first-order valence-electron chi connectivity index (χ1n) is 7.42. The summed E-state index contributed by atoms with van der Waals surface area (Å²) in [6.07, 6.45) is 6.13. The van der Waals surface area contributed by atoms with Gasteiger partial charge in [-0.15, -0.1) is 0 Å². The molecule has 0 bridgehead atoms. The van der Waals surface area contributed by atoms with Crippen LogP contribution in [0.2, 0.25) is 0 Å². The van der Waals surface area contributed by atoms with Gasteiger partial charge in [-0.3, -0.25) is 9.59 Å². The highest BCUT2D eigenvalue weighted by atomic mass is 16.1. The van der Waals surface area contributed by atoms with Crippen LogP contribution in [0, 0.1) is 0 Å². The maximum atomic E-state index is 12.2. The van der Waals surface area contributed by atoms with Crippen LogP contribution in [-0.4, -0.2) is 24.3 Å². The normalized spacial score (nSPS) is 18.7. The van der Waals surface area contributed by atoms with E-state index in [9.17, 15) is 9.59 Å². The van der Waals surface area contributed by atoms with Crippen LogP contribution in [0.1, 0.15) is 48.0 Å². The first-order chi connectivity index (χ1) is 9.72. The van der Waals surface area contributed by atoms with Crippen LogP contribution in [0.4, 0.5) is 5.69 Å². The first-order valence-corrected chi connectivity index (χ1v) is 7.42. The summed E-state index contributed by atoms with van der Waals surface area (Å²) < 4.78 is 0. The molecule has 4 nitrogen and oxygen atoms in total. The fraction of sp³-hybridized carbons (Fsp3) is 0.500. The number of benzene rings is 1. The van der Waals surface area contributed by atoms with E-state index in [0.29, 0.717) is 19.0 Å². The van der Waals surface area contributed by atoms with Gasteiger partial charge in [-0.05, 0) is 43.0 Å². The molecule has 1 aliphatic heterocycles. The molecule has 2 aliphatic rings. The molecule has 1 heterocycles. The van der Waals surface area contributed by atoms with Crippen LogP contribution < -0.4 is 10.6 Å². The molecule has 1 fully saturated rings. The minimum absolute atomic E-state index is 0.0551. The van der Waals surface area contributed by atoms with E-state index in [1.165, 1.54) is 25.7 Å². The lowest BCUT2D eigenvalue weighted by molar-refractivity contribution is -0.116. The van der Waals surface area contributed by atoms with Crippen molar-refractivity contribution in [2.24, 2.45) is 0 Å². The van der Waals surface area contributed by atoms with E-state index in [0.717, 1.165) is 23.2 Å². The molecule has 0 spiro atoms. The molecule has 106 valence electrons. The smallest absolute Gasteiger partial charge is 0.224 e. The van der Waals surface area contributed by atoms with Gasteiger partial charge in [0.05, 0.1) is 6.54 Å². The van der Waals surface area contributed by atoms with Gasteiger partial charge in [-0.25, -0.2) is 0 Å². The zero-order chi connectivity index (χ0) is 13.9. The number of aryl methyl sites for hydroxylation is 1. The predicted molar refractivity (Wildman–Crippen MR) is 78.0 cm³/mol. The van der Waals surface area contributed by atoms with Crippen molar-refractivity contribution in [3.05, 3.63) is 29.3 Å². The predicted octanol–water partition coefficient (Wildman–Crippen LogP) is 2.29. The fourth-order valence-electron chi connectivity index (χ4n) is 3.03. The Morgan fingerprint density at radius 3 is 2.85 bits per heavy atom. The number of hydrogen-bond acceptors (Lipinski definition) is 3. The number of hydrogen-bond donors (Lipinski definition) is 2. The topological polar surface area (TPSA) is 58.2 Å². The van der Waals surface area contributed by atoms with Crippen molar-refractivity contribution in [2.45, 2.75) is 44.6 Å². The zero-order valence-electron chi connectivity index (χ0n) is 11.6. The minimum Gasteiger partial charge on any atom is -0.326 e. The van der Waals surface area contributed by atoms with Gasteiger partial charge in [0.25, 0.3) is 0 Å². The van der Waals surface area contributed by atoms with Gasteiger partial charge in [-0.2, -0.15) is 0 Å². The van der Waals surface area contributed by atoms with Crippen molar-refractivity contribution in [3.8, 4) is 0 Å². The Balaban J connectivity index is 1.64. The average Bonchev–Trinajstić information content (AvgIpc) is 2.97. The number of carbonyl (C=O) groups excluding carboxylic acids is 2. The molecule has 0 radical (unpaired) electrons. The molecular formula is C16H20N2O2. The summed E-state index contributed by atoms with van der Waals surface area (Å²) in [5, 5.41) is 6.18. The summed E-state index contributed by atoms with van der Waals surface area (Å²) in [5.74, 6) is 0.191. The third-order valence-corrected chi connectivity index (χ3v) is 4.23. The van der Waals surface area contributed by atoms with Crippen LogP contribution in [0.15, 0.2) is 18.2 Å². The van der Waals surface area contributed by atoms with Crippen molar-refractivity contribution in [2.75, 3.05) is 11.9 Å². The molecule has 0 unspecified atom stereocenters. The molecule has 1 saturated carbocycles. The zero-order valence-corrected chi connectivity index (χ0v) is 11.6. The second-order valence-corrected chi connectivity index (χ2v) is 5.71. The number of fused-ring (bicyclic) bond motifs is 1. The van der Waals surface area contributed by atoms with E-state index in [1.807, 2.05) is 18.2 Å². The monoisotopic (exact) mass is 272 g/mol. The van der Waals surface area contributed by atoms with Gasteiger partial charge in [0.15, 0.2) is 5.78 Å². The molecule has 1 aliphatic carbocycles. The number of amides is 1. The number of carbonyl (C=O) groups is 2. The molecule has 2 N–H and O–H groups in total. The highest BCUT2D eigenvalue weighted by Gasteiger charge is 2.18. The lowest BCUT2D eigenvalue weighted by atomic mass is 9.98. The fourth-order valence-corrected chi connectivity index (χ4v) is 3.03. The average molecular weight is 272 g/mol. The highest BCUT2D eigenvalue weighted by molar-refractivity contribution is 6.00. The minimum atomic E-state index is 0.0551. The molecule has 3 rings (SSSR count). The van der Waals surface area contributed by atoms with Crippen molar-refractivity contribution in [1.82, 2.24) is 5.32 Å². The summed E-state index contributed by atoms with van der Waals surface area (Å²) in [5.41, 5.74) is 2.66. The number of nitrogens with one attached hydrogen (secondary N) is 2. The number of anilines is 1. The van der Waals surface area contributed by atoms with E-state index in [-0.39, 0.29) is 11.7 Å². The Hall–Kier alpha value is -1.68. The van der Waals surface area contributed by atoms with Gasteiger partial charge in [-0.1, -0.05) is 12.8 Å². The Morgan fingerprint density at radius 1 is 1.25 bits per heavy atom. The number of rotatable bonds is 4. The Kier molecular flexibility index (Phi) is 3.83. The van der Waals surface area contributed by atoms with Crippen LogP contribution >= 0.6 is 0 Å². The van der Waals surface area contributed by atoms with Gasteiger partial charge in [0.1, 0.15) is 0 Å². The number of Topliss-reactive ketones (excluding diaryl/α,β-unsaturated/α-hetero) is 1. The molecule has 1 aromatic carbocycles. The van der Waals surface area contributed by atoms with Crippen molar-refractivity contribution in [1.29, 1.82) is 0 Å². The van der Waals surface area contributed by atoms with Crippen molar-refractivity contribution >= 4 is 17.4 Å². The second kappa shape index (κ2) is 5.75. The van der Waals surface area contributed by atoms with Crippen LogP contribution in [0.25, 0.3) is 0 Å². The van der Waals surface area contributed by atoms with Crippen molar-refractivity contribution in [3.63, 3.8) is 0 Å². The van der Waals surface area contributed by atoms with Crippen LogP contribution in [0.3, 0.4) is 0 Å². The van der Waals surface area contributed by atoms with Gasteiger partial charge < -0.3 is 10.6 Å². The van der Waals surface area contributed by atoms with Gasteiger partial charge in [0.2, 0.25) is 5.91 Å². The van der Waals surface area contributed by atoms with Crippen LogP contribution in [-0.2, 0) is 11.2 Å². The second-order valence-electron chi connectivity index (χ2n) is 5.71. The van der Waals surface area contributed by atoms with E-state index in [2.05, 4.69) is 10.6 Å². The standard InChI is InChI=1S/C16H20N2O2/c19-15(10-17-13-3-1-2-4-13)12-5-7-14-11(9-12)6-8-16(20)18-14/h5,7,9,13,17H,1-4,6,8,10H2,(H,18,20). The molecule has 0 saturated heterocycles. The molecule has 20 heavy (non-hydrogen) atoms. The first kappa shape index (κ1) is 13.3. The summed E-state index contributed by atoms with van der Waals surface area (Å²) >= 11 is 0. The van der Waals surface area contributed by atoms with E-state index >= 15 is 0 Å². The third kappa shape index (κ3) is 2.90. The Morgan fingerprint density at radius 2 is 2.05 bits per heavy atom. The van der Waals surface area contributed by atoms with E-state index in [1.54, 1.807) is 0 Å². The maximum Gasteiger partial charge on any atom is 0.224 e. The summed E-state index contributed by atoms with van der Waals surface area (Å²) in [7, 11) is 0. The Bertz CT molecular complexity index is 533. The van der Waals surface area contributed by atoms with E-state index in [4.69, 9.17) is 0 Å². The quantitative estimate of drug-likeness (QED) is 0.827. The van der Waals surface area contributed by atoms with Gasteiger partial charge >= 0.3 is 0 Å². The Labute approximate surface area is 118 Å². The summed E-state index contributed by atoms with van der Waals surface area (Å²) in [6, 6.07) is 6.09. The molecular weight excluding hydrogens is 252 g/mol. The third-order valence-electron chi connectivity index (χ3n) is 4.23. The SMILES string of the molecule is O=C1CCc2cc(C(=O)CNC3CCCC3)ccc2N1. The highest BCUT2D eigenvalue weighted by Crippen LogP contribution is 2.24.